The van der Waals surface area contributed by atoms with E-state index in [1.54, 1.807) is 0 Å². The lowest BCUT2D eigenvalue weighted by atomic mass is 10.2. The summed E-state index contributed by atoms with van der Waals surface area (Å²) >= 11 is 0. The molecule has 2 heterocycles. The van der Waals surface area contributed by atoms with Crippen LogP contribution in [0.4, 0.5) is 0 Å². The first kappa shape index (κ1) is 13.3. The van der Waals surface area contributed by atoms with Crippen LogP contribution in [0.15, 0.2) is 36.5 Å². The highest BCUT2D eigenvalue weighted by Crippen LogP contribution is 2.14. The second-order valence-corrected chi connectivity index (χ2v) is 5.61. The fourth-order valence-corrected chi connectivity index (χ4v) is 2.79. The van der Waals surface area contributed by atoms with Crippen molar-refractivity contribution in [1.29, 1.82) is 0 Å². The Morgan fingerprint density at radius 2 is 2.20 bits per heavy atom. The van der Waals surface area contributed by atoms with E-state index in [9.17, 15) is 0 Å². The number of hydrogen-bond acceptors (Lipinski definition) is 3. The molecular formula is C16H22N4. The van der Waals surface area contributed by atoms with Crippen LogP contribution in [0.2, 0.25) is 0 Å². The van der Waals surface area contributed by atoms with Crippen molar-refractivity contribution >= 4 is 0 Å². The number of nitrogens with one attached hydrogen (secondary N) is 2. The standard InChI is InChI=1S/C16H22N4/c1-13-15(10-18-19-13)9-17-16-7-8-20(12-16)11-14-5-3-2-4-6-14/h2-6,10,16-17H,7-9,11-12H2,1H3,(H,18,19). The Bertz CT molecular complexity index is 534. The monoisotopic (exact) mass is 270 g/mol. The van der Waals surface area contributed by atoms with Crippen LogP contribution in [0.25, 0.3) is 0 Å². The van der Waals surface area contributed by atoms with Gasteiger partial charge in [-0.25, -0.2) is 0 Å². The lowest BCUT2D eigenvalue weighted by Gasteiger charge is -2.16. The number of aromatic nitrogens is 2. The van der Waals surface area contributed by atoms with Crippen molar-refractivity contribution in [3.05, 3.63) is 53.3 Å². The minimum atomic E-state index is 0.591. The Hall–Kier alpha value is -1.65. The normalized spacial score (nSPS) is 19.6. The van der Waals surface area contributed by atoms with Gasteiger partial charge < -0.3 is 5.32 Å². The first-order valence-electron chi connectivity index (χ1n) is 7.30. The summed E-state index contributed by atoms with van der Waals surface area (Å²) < 4.78 is 0. The Kier molecular flexibility index (Phi) is 4.14. The summed E-state index contributed by atoms with van der Waals surface area (Å²) in [6.45, 7) is 6.35. The maximum atomic E-state index is 4.06. The average molecular weight is 270 g/mol. The van der Waals surface area contributed by atoms with Gasteiger partial charge in [-0.3, -0.25) is 10.00 Å². The van der Waals surface area contributed by atoms with Crippen molar-refractivity contribution in [2.45, 2.75) is 32.5 Å². The van der Waals surface area contributed by atoms with Crippen LogP contribution >= 0.6 is 0 Å². The summed E-state index contributed by atoms with van der Waals surface area (Å²) in [5.41, 5.74) is 3.84. The predicted octanol–water partition coefficient (Wildman–Crippen LogP) is 2.08. The van der Waals surface area contributed by atoms with Gasteiger partial charge in [-0.05, 0) is 18.9 Å². The van der Waals surface area contributed by atoms with Crippen LogP contribution in [-0.4, -0.2) is 34.2 Å². The summed E-state index contributed by atoms with van der Waals surface area (Å²) in [6.07, 6.45) is 3.14. The molecule has 0 radical (unpaired) electrons. The fraction of sp³-hybridized carbons (Fsp3) is 0.438. The molecule has 1 aromatic heterocycles. The zero-order valence-corrected chi connectivity index (χ0v) is 12.0. The van der Waals surface area contributed by atoms with Crippen molar-refractivity contribution in [2.24, 2.45) is 0 Å². The van der Waals surface area contributed by atoms with Gasteiger partial charge in [0.15, 0.2) is 0 Å². The number of benzene rings is 1. The molecule has 1 fully saturated rings. The van der Waals surface area contributed by atoms with E-state index in [0.29, 0.717) is 6.04 Å². The summed E-state index contributed by atoms with van der Waals surface area (Å²) in [4.78, 5) is 2.52. The quantitative estimate of drug-likeness (QED) is 0.874. The van der Waals surface area contributed by atoms with Gasteiger partial charge in [0, 0.05) is 43.5 Å². The van der Waals surface area contributed by atoms with E-state index in [-0.39, 0.29) is 0 Å². The van der Waals surface area contributed by atoms with E-state index in [4.69, 9.17) is 0 Å². The second-order valence-electron chi connectivity index (χ2n) is 5.61. The zero-order valence-electron chi connectivity index (χ0n) is 12.0. The molecule has 3 rings (SSSR count). The summed E-state index contributed by atoms with van der Waals surface area (Å²) in [6, 6.07) is 11.3. The lowest BCUT2D eigenvalue weighted by Crippen LogP contribution is -2.32. The van der Waals surface area contributed by atoms with Gasteiger partial charge in [0.1, 0.15) is 0 Å². The van der Waals surface area contributed by atoms with E-state index in [1.165, 1.54) is 24.1 Å². The van der Waals surface area contributed by atoms with E-state index < -0.39 is 0 Å². The van der Waals surface area contributed by atoms with Gasteiger partial charge in [0.2, 0.25) is 0 Å². The van der Waals surface area contributed by atoms with Gasteiger partial charge >= 0.3 is 0 Å². The van der Waals surface area contributed by atoms with E-state index in [0.717, 1.165) is 25.3 Å². The molecule has 4 nitrogen and oxygen atoms in total. The van der Waals surface area contributed by atoms with Crippen molar-refractivity contribution in [3.8, 4) is 0 Å². The number of nitrogens with zero attached hydrogens (tertiary/aromatic N) is 2. The zero-order chi connectivity index (χ0) is 13.8. The lowest BCUT2D eigenvalue weighted by molar-refractivity contribution is 0.320. The van der Waals surface area contributed by atoms with Crippen LogP contribution in [0.3, 0.4) is 0 Å². The highest BCUT2D eigenvalue weighted by atomic mass is 15.2. The molecule has 1 aliphatic heterocycles. The minimum absolute atomic E-state index is 0.591. The predicted molar refractivity (Wildman–Crippen MR) is 80.3 cm³/mol. The molecule has 106 valence electrons. The van der Waals surface area contributed by atoms with Crippen molar-refractivity contribution in [2.75, 3.05) is 13.1 Å². The molecule has 0 aliphatic carbocycles. The first-order valence-corrected chi connectivity index (χ1v) is 7.30. The molecule has 2 N–H and O–H groups in total. The van der Waals surface area contributed by atoms with Crippen molar-refractivity contribution in [3.63, 3.8) is 0 Å². The van der Waals surface area contributed by atoms with Crippen molar-refractivity contribution in [1.82, 2.24) is 20.4 Å². The topological polar surface area (TPSA) is 44.0 Å². The number of rotatable bonds is 5. The van der Waals surface area contributed by atoms with E-state index in [1.807, 2.05) is 6.20 Å². The van der Waals surface area contributed by atoms with E-state index >= 15 is 0 Å². The summed E-state index contributed by atoms with van der Waals surface area (Å²) in [5.74, 6) is 0. The summed E-state index contributed by atoms with van der Waals surface area (Å²) in [5, 5.41) is 10.7. The molecule has 1 saturated heterocycles. The maximum absolute atomic E-state index is 4.06. The van der Waals surface area contributed by atoms with Gasteiger partial charge in [0.25, 0.3) is 0 Å². The molecule has 1 aliphatic rings. The Morgan fingerprint density at radius 3 is 2.95 bits per heavy atom. The molecule has 0 bridgehead atoms. The highest BCUT2D eigenvalue weighted by Gasteiger charge is 2.22. The number of aromatic amines is 1. The van der Waals surface area contributed by atoms with Gasteiger partial charge in [-0.15, -0.1) is 0 Å². The number of hydrogen-bond donors (Lipinski definition) is 2. The third-order valence-electron chi connectivity index (χ3n) is 4.04. The Balaban J connectivity index is 1.46. The van der Waals surface area contributed by atoms with Gasteiger partial charge in [-0.2, -0.15) is 5.10 Å². The number of aryl methyl sites for hydroxylation is 1. The Labute approximate surface area is 120 Å². The maximum Gasteiger partial charge on any atom is 0.0535 e. The third kappa shape index (κ3) is 3.26. The first-order chi connectivity index (χ1) is 9.81. The van der Waals surface area contributed by atoms with Crippen LogP contribution in [0, 0.1) is 6.92 Å². The average Bonchev–Trinajstić information content (AvgIpc) is 3.07. The van der Waals surface area contributed by atoms with E-state index in [2.05, 4.69) is 57.7 Å². The van der Waals surface area contributed by atoms with Crippen LogP contribution in [-0.2, 0) is 13.1 Å². The summed E-state index contributed by atoms with van der Waals surface area (Å²) in [7, 11) is 0. The third-order valence-corrected chi connectivity index (χ3v) is 4.04. The number of likely N-dealkylation sites (tertiary alicyclic amines) is 1. The molecule has 0 spiro atoms. The fourth-order valence-electron chi connectivity index (χ4n) is 2.79. The van der Waals surface area contributed by atoms with Crippen LogP contribution in [0.5, 0.6) is 0 Å². The Morgan fingerprint density at radius 1 is 1.35 bits per heavy atom. The van der Waals surface area contributed by atoms with Crippen LogP contribution < -0.4 is 5.32 Å². The number of H-pyrrole nitrogens is 1. The minimum Gasteiger partial charge on any atom is -0.308 e. The smallest absolute Gasteiger partial charge is 0.0535 e. The molecule has 2 aromatic rings. The SMILES string of the molecule is Cc1[nH]ncc1CNC1CCN(Cc2ccccc2)C1. The highest BCUT2D eigenvalue weighted by molar-refractivity contribution is 5.15. The molecule has 1 unspecified atom stereocenters. The molecule has 1 atom stereocenters. The molecule has 4 heteroatoms. The largest absolute Gasteiger partial charge is 0.308 e. The second kappa shape index (κ2) is 6.20. The molecule has 20 heavy (non-hydrogen) atoms. The molecule has 0 amide bonds. The van der Waals surface area contributed by atoms with Gasteiger partial charge in [-0.1, -0.05) is 30.3 Å². The molecule has 1 aromatic carbocycles. The molecular weight excluding hydrogens is 248 g/mol. The van der Waals surface area contributed by atoms with Crippen molar-refractivity contribution < 1.29 is 0 Å². The molecule has 0 saturated carbocycles. The van der Waals surface area contributed by atoms with Crippen LogP contribution in [0.1, 0.15) is 23.2 Å². The van der Waals surface area contributed by atoms with Gasteiger partial charge in [0.05, 0.1) is 6.20 Å².